The predicted molar refractivity (Wildman–Crippen MR) is 59.7 cm³/mol. The van der Waals surface area contributed by atoms with Crippen molar-refractivity contribution in [3.8, 4) is 0 Å². The minimum absolute atomic E-state index is 0.0345. The third kappa shape index (κ3) is 2.21. The summed E-state index contributed by atoms with van der Waals surface area (Å²) in [5.41, 5.74) is 0.951. The fourth-order valence-corrected chi connectivity index (χ4v) is 1.72. The molecule has 1 aromatic carbocycles. The van der Waals surface area contributed by atoms with Gasteiger partial charge in [-0.3, -0.25) is 9.59 Å². The fourth-order valence-electron chi connectivity index (χ4n) is 1.72. The van der Waals surface area contributed by atoms with Crippen LogP contribution < -0.4 is 10.6 Å². The highest BCUT2D eigenvalue weighted by Crippen LogP contribution is 2.06. The molecule has 2 atom stereocenters. The Labute approximate surface area is 94.0 Å². The van der Waals surface area contributed by atoms with Gasteiger partial charge in [-0.25, -0.2) is 0 Å². The van der Waals surface area contributed by atoms with Gasteiger partial charge in [-0.15, -0.1) is 0 Å². The largest absolute Gasteiger partial charge is 0.349 e. The normalized spacial score (nSPS) is 23.2. The summed E-state index contributed by atoms with van der Waals surface area (Å²) in [7, 11) is 0. The number of carbonyl (C=O) groups is 2. The van der Waals surface area contributed by atoms with E-state index in [1.807, 2.05) is 37.3 Å². The summed E-state index contributed by atoms with van der Waals surface area (Å²) in [6, 6.07) is 9.14. The zero-order valence-corrected chi connectivity index (χ0v) is 9.07. The van der Waals surface area contributed by atoms with Gasteiger partial charge < -0.3 is 10.6 Å². The topological polar surface area (TPSA) is 58.2 Å². The van der Waals surface area contributed by atoms with Crippen molar-refractivity contribution >= 4 is 11.8 Å². The van der Waals surface area contributed by atoms with Crippen molar-refractivity contribution in [2.24, 2.45) is 0 Å². The Balaban J connectivity index is 1.87. The number of amides is 2. The summed E-state index contributed by atoms with van der Waals surface area (Å²) < 4.78 is 0. The molecule has 0 spiro atoms. The fraction of sp³-hybridized carbons (Fsp3) is 0.333. The molecule has 1 aliphatic heterocycles. The molecule has 2 rings (SSSR count). The Kier molecular flexibility index (Phi) is 2.90. The molecule has 0 unspecified atom stereocenters. The molecule has 16 heavy (non-hydrogen) atoms. The minimum Gasteiger partial charge on any atom is -0.349 e. The van der Waals surface area contributed by atoms with Crippen molar-refractivity contribution in [2.75, 3.05) is 0 Å². The first-order valence-electron chi connectivity index (χ1n) is 5.30. The summed E-state index contributed by atoms with van der Waals surface area (Å²) in [5.74, 6) is -0.216. The molecule has 1 aromatic rings. The van der Waals surface area contributed by atoms with Crippen molar-refractivity contribution < 1.29 is 9.59 Å². The molecule has 4 heteroatoms. The number of nitrogens with one attached hydrogen (secondary N) is 2. The smallest absolute Gasteiger partial charge is 0.245 e. The molecule has 0 bridgehead atoms. The average Bonchev–Trinajstić information content (AvgIpc) is 2.28. The standard InChI is InChI=1S/C12H14N2O2/c1-8-11(12(16)13-8)14-10(15)7-9-5-3-2-4-6-9/h2-6,8,11H,7H2,1H3,(H,13,16)(H,14,15)/t8-,11+/m1/s1. The van der Waals surface area contributed by atoms with Crippen molar-refractivity contribution in [3.63, 3.8) is 0 Å². The van der Waals surface area contributed by atoms with Crippen LogP contribution in [0, 0.1) is 0 Å². The molecule has 1 fully saturated rings. The van der Waals surface area contributed by atoms with Gasteiger partial charge in [-0.05, 0) is 12.5 Å². The van der Waals surface area contributed by atoms with E-state index in [4.69, 9.17) is 0 Å². The Hall–Kier alpha value is -1.84. The zero-order chi connectivity index (χ0) is 11.5. The van der Waals surface area contributed by atoms with E-state index in [-0.39, 0.29) is 23.9 Å². The van der Waals surface area contributed by atoms with Gasteiger partial charge in [-0.1, -0.05) is 30.3 Å². The molecule has 2 amide bonds. The van der Waals surface area contributed by atoms with E-state index in [1.54, 1.807) is 0 Å². The van der Waals surface area contributed by atoms with E-state index in [1.165, 1.54) is 0 Å². The van der Waals surface area contributed by atoms with Gasteiger partial charge in [0.2, 0.25) is 11.8 Å². The molecular formula is C12H14N2O2. The second-order valence-corrected chi connectivity index (χ2v) is 4.00. The Morgan fingerprint density at radius 2 is 2.06 bits per heavy atom. The summed E-state index contributed by atoms with van der Waals surface area (Å²) in [5, 5.41) is 5.38. The van der Waals surface area contributed by atoms with Gasteiger partial charge in [0, 0.05) is 0 Å². The quantitative estimate of drug-likeness (QED) is 0.714. The lowest BCUT2D eigenvalue weighted by atomic mass is 10.0. The van der Waals surface area contributed by atoms with Crippen LogP contribution >= 0.6 is 0 Å². The summed E-state index contributed by atoms with van der Waals surface area (Å²) in [4.78, 5) is 22.7. The Morgan fingerprint density at radius 1 is 1.38 bits per heavy atom. The van der Waals surface area contributed by atoms with E-state index in [0.717, 1.165) is 5.56 Å². The average molecular weight is 218 g/mol. The molecule has 1 heterocycles. The zero-order valence-electron chi connectivity index (χ0n) is 9.07. The Bertz CT molecular complexity index is 403. The molecule has 0 radical (unpaired) electrons. The lowest BCUT2D eigenvalue weighted by molar-refractivity contribution is -0.135. The molecule has 4 nitrogen and oxygen atoms in total. The van der Waals surface area contributed by atoms with Crippen LogP contribution in [0.4, 0.5) is 0 Å². The van der Waals surface area contributed by atoms with E-state index in [0.29, 0.717) is 6.42 Å². The van der Waals surface area contributed by atoms with Gasteiger partial charge in [0.25, 0.3) is 0 Å². The van der Waals surface area contributed by atoms with Crippen molar-refractivity contribution in [1.29, 1.82) is 0 Å². The number of rotatable bonds is 3. The monoisotopic (exact) mass is 218 g/mol. The van der Waals surface area contributed by atoms with E-state index in [9.17, 15) is 9.59 Å². The predicted octanol–water partition coefficient (Wildman–Crippen LogP) is 0.232. The van der Waals surface area contributed by atoms with Crippen LogP contribution in [0.2, 0.25) is 0 Å². The number of β-lactam (4-membered cyclic amide) rings is 1. The molecule has 1 saturated heterocycles. The highest BCUT2D eigenvalue weighted by atomic mass is 16.2. The molecule has 2 N–H and O–H groups in total. The first-order valence-corrected chi connectivity index (χ1v) is 5.30. The highest BCUT2D eigenvalue weighted by Gasteiger charge is 2.36. The molecule has 1 aliphatic rings. The van der Waals surface area contributed by atoms with E-state index >= 15 is 0 Å². The van der Waals surface area contributed by atoms with Crippen molar-refractivity contribution in [2.45, 2.75) is 25.4 Å². The third-order valence-corrected chi connectivity index (χ3v) is 2.68. The maximum atomic E-state index is 11.6. The van der Waals surface area contributed by atoms with Gasteiger partial charge in [0.15, 0.2) is 0 Å². The number of carbonyl (C=O) groups excluding carboxylic acids is 2. The van der Waals surface area contributed by atoms with Gasteiger partial charge in [0.1, 0.15) is 6.04 Å². The minimum atomic E-state index is -0.365. The lowest BCUT2D eigenvalue weighted by Gasteiger charge is -2.34. The van der Waals surface area contributed by atoms with Crippen molar-refractivity contribution in [3.05, 3.63) is 35.9 Å². The SMILES string of the molecule is C[C@H]1NC(=O)[C@H]1NC(=O)Cc1ccccc1. The maximum Gasteiger partial charge on any atom is 0.245 e. The van der Waals surface area contributed by atoms with Gasteiger partial charge in [-0.2, -0.15) is 0 Å². The van der Waals surface area contributed by atoms with Crippen LogP contribution in [0.3, 0.4) is 0 Å². The van der Waals surface area contributed by atoms with Crippen LogP contribution in [0.1, 0.15) is 12.5 Å². The van der Waals surface area contributed by atoms with Crippen LogP contribution in [0.25, 0.3) is 0 Å². The van der Waals surface area contributed by atoms with Gasteiger partial charge in [0.05, 0.1) is 12.5 Å². The Morgan fingerprint density at radius 3 is 2.62 bits per heavy atom. The molecule has 0 aliphatic carbocycles. The molecular weight excluding hydrogens is 204 g/mol. The van der Waals surface area contributed by atoms with E-state index in [2.05, 4.69) is 10.6 Å². The lowest BCUT2D eigenvalue weighted by Crippen LogP contribution is -2.68. The summed E-state index contributed by atoms with van der Waals surface area (Å²) in [6.07, 6.45) is 0.317. The first kappa shape index (κ1) is 10.7. The highest BCUT2D eigenvalue weighted by molar-refractivity contribution is 5.93. The summed E-state index contributed by atoms with van der Waals surface area (Å²) >= 11 is 0. The number of benzene rings is 1. The third-order valence-electron chi connectivity index (χ3n) is 2.68. The van der Waals surface area contributed by atoms with Crippen molar-refractivity contribution in [1.82, 2.24) is 10.6 Å². The molecule has 0 saturated carbocycles. The van der Waals surface area contributed by atoms with Crippen LogP contribution in [-0.4, -0.2) is 23.9 Å². The number of hydrogen-bond acceptors (Lipinski definition) is 2. The second-order valence-electron chi connectivity index (χ2n) is 4.00. The van der Waals surface area contributed by atoms with Crippen LogP contribution in [0.15, 0.2) is 30.3 Å². The maximum absolute atomic E-state index is 11.6. The van der Waals surface area contributed by atoms with Crippen LogP contribution in [0.5, 0.6) is 0 Å². The number of hydrogen-bond donors (Lipinski definition) is 2. The molecule has 0 aromatic heterocycles. The second kappa shape index (κ2) is 4.35. The van der Waals surface area contributed by atoms with E-state index < -0.39 is 0 Å². The van der Waals surface area contributed by atoms with Crippen LogP contribution in [-0.2, 0) is 16.0 Å². The summed E-state index contributed by atoms with van der Waals surface area (Å²) in [6.45, 7) is 1.87. The first-order chi connectivity index (χ1) is 7.66. The molecule has 84 valence electrons. The van der Waals surface area contributed by atoms with Gasteiger partial charge >= 0.3 is 0 Å².